The third kappa shape index (κ3) is 2.26. The second kappa shape index (κ2) is 4.32. The molecule has 0 heterocycles. The Morgan fingerprint density at radius 2 is 1.67 bits per heavy atom. The van der Waals surface area contributed by atoms with Gasteiger partial charge in [-0.3, -0.25) is 0 Å². The average Bonchev–Trinajstić information content (AvgIpc) is 1.96. The molecule has 2 heteroatoms. The predicted molar refractivity (Wildman–Crippen MR) is 51.7 cm³/mol. The van der Waals surface area contributed by atoms with Crippen LogP contribution in [-0.2, 0) is 16.2 Å². The van der Waals surface area contributed by atoms with Crippen LogP contribution in [0.2, 0.25) is 0 Å². The molecule has 1 aromatic carbocycles. The van der Waals surface area contributed by atoms with Gasteiger partial charge in [-0.05, 0) is 0 Å². The van der Waals surface area contributed by atoms with Crippen molar-refractivity contribution in [3.8, 4) is 0 Å². The zero-order valence-electron chi connectivity index (χ0n) is 7.44. The van der Waals surface area contributed by atoms with E-state index < -0.39 is 0 Å². The van der Waals surface area contributed by atoms with Crippen molar-refractivity contribution >= 4 is 14.1 Å². The van der Waals surface area contributed by atoms with E-state index in [2.05, 4.69) is 37.4 Å². The molecule has 0 aliphatic rings. The van der Waals surface area contributed by atoms with E-state index in [-0.39, 0.29) is 16.2 Å². The Balaban J connectivity index is 3.28. The van der Waals surface area contributed by atoms with Crippen molar-refractivity contribution in [2.45, 2.75) is 20.8 Å². The van der Waals surface area contributed by atoms with Gasteiger partial charge in [0.1, 0.15) is 0 Å². The molecule has 12 heavy (non-hydrogen) atoms. The minimum absolute atomic E-state index is 0.384. The molecule has 0 aliphatic heterocycles. The molecule has 0 aliphatic carbocycles. The minimum atomic E-state index is -0.384. The molecule has 1 aromatic rings. The van der Waals surface area contributed by atoms with Gasteiger partial charge in [0.15, 0.2) is 0 Å². The molecule has 0 atom stereocenters. The fraction of sp³-hybridized carbons (Fsp3) is 0.300. The standard InChI is InChI=1S/C10H12.ClH.Ir/c1-7-5-8(2)10(4)9(3)6-7;;/h4-6H,1-3H3;1H;/q;;+1/p-1. The summed E-state index contributed by atoms with van der Waals surface area (Å²) in [7, 11) is 5.79. The van der Waals surface area contributed by atoms with Gasteiger partial charge in [-0.1, -0.05) is 0 Å². The number of aryl methyl sites for hydroxylation is 3. The van der Waals surface area contributed by atoms with Gasteiger partial charge in [0.2, 0.25) is 0 Å². The van der Waals surface area contributed by atoms with E-state index in [1.54, 1.807) is 0 Å². The third-order valence-corrected chi connectivity index (χ3v) is 3.42. The quantitative estimate of drug-likeness (QED) is 0.723. The van der Waals surface area contributed by atoms with Crippen molar-refractivity contribution in [1.29, 1.82) is 0 Å². The van der Waals surface area contributed by atoms with Gasteiger partial charge in [-0.15, -0.1) is 0 Å². The normalized spacial score (nSPS) is 12.3. The Labute approximate surface area is 85.4 Å². The Kier molecular flexibility index (Phi) is 3.64. The second-order valence-corrected chi connectivity index (χ2v) is 5.39. The molecule has 0 saturated heterocycles. The topological polar surface area (TPSA) is 0 Å². The summed E-state index contributed by atoms with van der Waals surface area (Å²) in [6.45, 7) is 6.41. The summed E-state index contributed by atoms with van der Waals surface area (Å²) in [6, 6.07) is 4.41. The van der Waals surface area contributed by atoms with Crippen molar-refractivity contribution in [2.75, 3.05) is 0 Å². The summed E-state index contributed by atoms with van der Waals surface area (Å²) in [5, 5.41) is 0. The first kappa shape index (κ1) is 10.1. The summed E-state index contributed by atoms with van der Waals surface area (Å²) in [5.74, 6) is 0. The van der Waals surface area contributed by atoms with Crippen molar-refractivity contribution < 1.29 is 16.2 Å². The number of rotatable bonds is 1. The van der Waals surface area contributed by atoms with Gasteiger partial charge < -0.3 is 0 Å². The fourth-order valence-corrected chi connectivity index (χ4v) is 3.33. The Hall–Kier alpha value is 0.0294. The average molecular weight is 360 g/mol. The summed E-state index contributed by atoms with van der Waals surface area (Å²) < 4.78 is 2.19. The Morgan fingerprint density at radius 1 is 1.17 bits per heavy atom. The van der Waals surface area contributed by atoms with Crippen LogP contribution in [0.1, 0.15) is 22.3 Å². The molecule has 0 bridgehead atoms. The van der Waals surface area contributed by atoms with Crippen LogP contribution in [0.25, 0.3) is 0 Å². The molecular weight excluding hydrogens is 348 g/mol. The van der Waals surface area contributed by atoms with Crippen molar-refractivity contribution in [2.24, 2.45) is 0 Å². The van der Waals surface area contributed by atoms with Crippen LogP contribution in [0.15, 0.2) is 12.1 Å². The molecule has 0 nitrogen and oxygen atoms in total. The summed E-state index contributed by atoms with van der Waals surface area (Å²) in [6.07, 6.45) is 0. The summed E-state index contributed by atoms with van der Waals surface area (Å²) in [5.41, 5.74) is 5.36. The van der Waals surface area contributed by atoms with Gasteiger partial charge in [-0.25, -0.2) is 0 Å². The van der Waals surface area contributed by atoms with Crippen LogP contribution in [0.5, 0.6) is 0 Å². The van der Waals surface area contributed by atoms with Crippen LogP contribution >= 0.6 is 9.58 Å². The van der Waals surface area contributed by atoms with E-state index in [1.807, 2.05) is 0 Å². The van der Waals surface area contributed by atoms with Crippen LogP contribution < -0.4 is 0 Å². The molecule has 0 saturated carbocycles. The fourth-order valence-electron chi connectivity index (χ4n) is 1.38. The van der Waals surface area contributed by atoms with Crippen molar-refractivity contribution in [1.82, 2.24) is 0 Å². The van der Waals surface area contributed by atoms with Crippen molar-refractivity contribution in [3.63, 3.8) is 0 Å². The number of halogens is 1. The van der Waals surface area contributed by atoms with Gasteiger partial charge in [0, 0.05) is 0 Å². The first-order valence-electron chi connectivity index (χ1n) is 3.76. The number of hydrogen-bond acceptors (Lipinski definition) is 0. The van der Waals surface area contributed by atoms with Crippen LogP contribution in [-0.4, -0.2) is 4.53 Å². The Morgan fingerprint density at radius 3 is 2.08 bits per heavy atom. The molecule has 0 spiro atoms. The molecule has 0 N–H and O–H groups in total. The van der Waals surface area contributed by atoms with E-state index in [1.165, 1.54) is 22.3 Å². The van der Waals surface area contributed by atoms with Crippen LogP contribution in [0.4, 0.5) is 0 Å². The van der Waals surface area contributed by atoms with Crippen LogP contribution in [0.3, 0.4) is 0 Å². The summed E-state index contributed by atoms with van der Waals surface area (Å²) >= 11 is -0.384. The van der Waals surface area contributed by atoms with Crippen molar-refractivity contribution in [3.05, 3.63) is 34.4 Å². The molecule has 0 unspecified atom stereocenters. The molecule has 0 radical (unpaired) electrons. The second-order valence-electron chi connectivity index (χ2n) is 2.98. The molecule has 0 aromatic heterocycles. The van der Waals surface area contributed by atoms with E-state index in [0.29, 0.717) is 0 Å². The molecule has 0 amide bonds. The molecular formula is C10H12ClIr. The number of hydrogen-bond donors (Lipinski definition) is 0. The maximum atomic E-state index is 5.79. The Bertz CT molecular complexity index is 293. The zero-order valence-corrected chi connectivity index (χ0v) is 10.6. The van der Waals surface area contributed by atoms with E-state index in [0.717, 1.165) is 0 Å². The third-order valence-electron chi connectivity index (χ3n) is 1.87. The monoisotopic (exact) mass is 360 g/mol. The summed E-state index contributed by atoms with van der Waals surface area (Å²) in [4.78, 5) is 0. The van der Waals surface area contributed by atoms with E-state index in [9.17, 15) is 0 Å². The number of benzene rings is 1. The van der Waals surface area contributed by atoms with Gasteiger partial charge >= 0.3 is 85.5 Å². The maximum absolute atomic E-state index is 5.79. The molecule has 1 rings (SSSR count). The van der Waals surface area contributed by atoms with Crippen LogP contribution in [0, 0.1) is 20.8 Å². The predicted octanol–water partition coefficient (Wildman–Crippen LogP) is 3.00. The van der Waals surface area contributed by atoms with Gasteiger partial charge in [-0.2, -0.15) is 0 Å². The van der Waals surface area contributed by atoms with E-state index in [4.69, 9.17) is 9.58 Å². The van der Waals surface area contributed by atoms with Gasteiger partial charge in [0.05, 0.1) is 0 Å². The first-order chi connectivity index (χ1) is 5.65. The first-order valence-corrected chi connectivity index (χ1v) is 8.11. The molecule has 68 valence electrons. The SMILES string of the molecule is Cc1cc(C)c([CH]=[Ir][Cl])c(C)c1. The zero-order chi connectivity index (χ0) is 9.14. The van der Waals surface area contributed by atoms with Gasteiger partial charge in [0.25, 0.3) is 0 Å². The molecule has 0 fully saturated rings. The van der Waals surface area contributed by atoms with E-state index >= 15 is 0 Å².